The van der Waals surface area contributed by atoms with Crippen molar-refractivity contribution in [3.63, 3.8) is 0 Å². The van der Waals surface area contributed by atoms with Gasteiger partial charge in [0.05, 0.1) is 6.61 Å². The van der Waals surface area contributed by atoms with Crippen LogP contribution in [0.15, 0.2) is 23.1 Å². The fourth-order valence-electron chi connectivity index (χ4n) is 2.72. The average molecular weight is 292 g/mol. The minimum absolute atomic E-state index is 0.319. The van der Waals surface area contributed by atoms with Crippen LogP contribution >= 0.6 is 11.8 Å². The van der Waals surface area contributed by atoms with E-state index in [1.165, 1.54) is 54.7 Å². The Labute approximate surface area is 128 Å². The Morgan fingerprint density at radius 3 is 2.75 bits per heavy atom. The molecule has 1 aliphatic rings. The third-order valence-electron chi connectivity index (χ3n) is 4.18. The van der Waals surface area contributed by atoms with Gasteiger partial charge in [-0.05, 0) is 41.7 Å². The van der Waals surface area contributed by atoms with Gasteiger partial charge in [-0.25, -0.2) is 0 Å². The van der Waals surface area contributed by atoms with Crippen molar-refractivity contribution in [3.8, 4) is 5.75 Å². The smallest absolute Gasteiger partial charge is 0.120 e. The van der Waals surface area contributed by atoms with Gasteiger partial charge in [0.2, 0.25) is 0 Å². The van der Waals surface area contributed by atoms with Crippen molar-refractivity contribution in [1.82, 2.24) is 0 Å². The van der Waals surface area contributed by atoms with E-state index >= 15 is 0 Å². The Morgan fingerprint density at radius 2 is 1.95 bits per heavy atom. The van der Waals surface area contributed by atoms with E-state index in [-0.39, 0.29) is 0 Å². The number of ether oxygens (including phenoxy) is 1. The molecule has 0 amide bonds. The monoisotopic (exact) mass is 292 g/mol. The third kappa shape index (κ3) is 4.18. The Kier molecular flexibility index (Phi) is 5.83. The van der Waals surface area contributed by atoms with Crippen LogP contribution in [0.4, 0.5) is 0 Å². The highest BCUT2D eigenvalue weighted by Gasteiger charge is 2.27. The van der Waals surface area contributed by atoms with Crippen molar-refractivity contribution in [2.24, 2.45) is 0 Å². The van der Waals surface area contributed by atoms with Gasteiger partial charge in [0.1, 0.15) is 5.75 Å². The van der Waals surface area contributed by atoms with E-state index in [0.29, 0.717) is 5.41 Å². The van der Waals surface area contributed by atoms with E-state index in [1.54, 1.807) is 0 Å². The molecule has 0 spiro atoms. The number of thioether (sulfide) groups is 1. The maximum Gasteiger partial charge on any atom is 0.120 e. The zero-order valence-electron chi connectivity index (χ0n) is 13.2. The van der Waals surface area contributed by atoms with Crippen molar-refractivity contribution >= 4 is 11.8 Å². The fraction of sp³-hybridized carbons (Fsp3) is 0.667. The summed E-state index contributed by atoms with van der Waals surface area (Å²) in [7, 11) is 0. The average Bonchev–Trinajstić information content (AvgIpc) is 2.42. The molecule has 0 saturated carbocycles. The number of rotatable bonds is 7. The fourth-order valence-corrected chi connectivity index (χ4v) is 4.25. The summed E-state index contributed by atoms with van der Waals surface area (Å²) in [5, 5.41) is 0. The van der Waals surface area contributed by atoms with Gasteiger partial charge in [-0.3, -0.25) is 0 Å². The molecule has 1 nitrogen and oxygen atoms in total. The quantitative estimate of drug-likeness (QED) is 0.586. The lowest BCUT2D eigenvalue weighted by Gasteiger charge is -2.32. The van der Waals surface area contributed by atoms with Gasteiger partial charge in [0, 0.05) is 4.90 Å². The van der Waals surface area contributed by atoms with Crippen LogP contribution in [0.2, 0.25) is 0 Å². The van der Waals surface area contributed by atoms with Crippen molar-refractivity contribution in [2.45, 2.75) is 69.6 Å². The molecule has 112 valence electrons. The summed E-state index contributed by atoms with van der Waals surface area (Å²) in [5.74, 6) is 2.27. The number of hydrogen-bond donors (Lipinski definition) is 0. The molecule has 0 unspecified atom stereocenters. The predicted molar refractivity (Wildman–Crippen MR) is 89.1 cm³/mol. The zero-order valence-corrected chi connectivity index (χ0v) is 14.0. The van der Waals surface area contributed by atoms with Crippen LogP contribution in [0.25, 0.3) is 0 Å². The summed E-state index contributed by atoms with van der Waals surface area (Å²) in [6, 6.07) is 6.67. The second kappa shape index (κ2) is 7.40. The summed E-state index contributed by atoms with van der Waals surface area (Å²) in [6.07, 6.45) is 7.73. The first-order valence-electron chi connectivity index (χ1n) is 8.03. The summed E-state index contributed by atoms with van der Waals surface area (Å²) in [4.78, 5) is 1.42. The number of hydrogen-bond acceptors (Lipinski definition) is 2. The minimum Gasteiger partial charge on any atom is -0.494 e. The second-order valence-electron chi connectivity index (χ2n) is 6.40. The highest BCUT2D eigenvalue weighted by molar-refractivity contribution is 7.99. The van der Waals surface area contributed by atoms with E-state index in [2.05, 4.69) is 39.0 Å². The molecule has 1 aromatic rings. The number of unbranched alkanes of at least 4 members (excludes halogenated alkanes) is 4. The lowest BCUT2D eigenvalue weighted by molar-refractivity contribution is 0.303. The van der Waals surface area contributed by atoms with Gasteiger partial charge < -0.3 is 4.74 Å². The van der Waals surface area contributed by atoms with Gasteiger partial charge in [0.25, 0.3) is 0 Å². The number of fused-ring (bicyclic) bond motifs is 1. The molecule has 1 heterocycles. The molecule has 0 N–H and O–H groups in total. The van der Waals surface area contributed by atoms with Crippen molar-refractivity contribution in [1.29, 1.82) is 0 Å². The van der Waals surface area contributed by atoms with Crippen molar-refractivity contribution in [2.75, 3.05) is 12.4 Å². The molecule has 1 aromatic carbocycles. The second-order valence-corrected chi connectivity index (χ2v) is 7.54. The SMILES string of the molecule is CCCCCCCOc1ccc2c(c1)SCCC2(C)C. The summed E-state index contributed by atoms with van der Waals surface area (Å²) in [5.41, 5.74) is 1.81. The lowest BCUT2D eigenvalue weighted by atomic mass is 9.82. The Bertz CT molecular complexity index is 425. The van der Waals surface area contributed by atoms with Gasteiger partial charge in [-0.1, -0.05) is 52.5 Å². The molecule has 0 atom stereocenters. The van der Waals surface area contributed by atoms with E-state index < -0.39 is 0 Å². The maximum absolute atomic E-state index is 5.91. The molecular weight excluding hydrogens is 264 g/mol. The van der Waals surface area contributed by atoms with E-state index in [9.17, 15) is 0 Å². The molecule has 0 radical (unpaired) electrons. The largest absolute Gasteiger partial charge is 0.494 e. The maximum atomic E-state index is 5.91. The first-order chi connectivity index (χ1) is 9.63. The molecule has 1 aliphatic heterocycles. The van der Waals surface area contributed by atoms with Gasteiger partial charge >= 0.3 is 0 Å². The Balaban J connectivity index is 1.85. The Morgan fingerprint density at radius 1 is 1.15 bits per heavy atom. The van der Waals surface area contributed by atoms with Crippen LogP contribution in [0, 0.1) is 0 Å². The summed E-state index contributed by atoms with van der Waals surface area (Å²) < 4.78 is 5.91. The minimum atomic E-state index is 0.319. The molecule has 0 fully saturated rings. The van der Waals surface area contributed by atoms with Crippen LogP contribution in [-0.4, -0.2) is 12.4 Å². The molecule has 0 aliphatic carbocycles. The molecular formula is C18H28OS. The molecule has 0 bridgehead atoms. The third-order valence-corrected chi connectivity index (χ3v) is 5.24. The van der Waals surface area contributed by atoms with Crippen LogP contribution in [0.3, 0.4) is 0 Å². The van der Waals surface area contributed by atoms with Gasteiger partial charge in [0.15, 0.2) is 0 Å². The molecule has 20 heavy (non-hydrogen) atoms. The van der Waals surface area contributed by atoms with Crippen molar-refractivity contribution in [3.05, 3.63) is 23.8 Å². The van der Waals surface area contributed by atoms with Crippen LogP contribution in [0.1, 0.15) is 64.9 Å². The summed E-state index contributed by atoms with van der Waals surface area (Å²) in [6.45, 7) is 7.80. The normalized spacial score (nSPS) is 16.8. The first kappa shape index (κ1) is 15.8. The van der Waals surface area contributed by atoms with E-state index in [4.69, 9.17) is 4.74 Å². The van der Waals surface area contributed by atoms with Gasteiger partial charge in [-0.2, -0.15) is 0 Å². The molecule has 2 rings (SSSR count). The van der Waals surface area contributed by atoms with Crippen LogP contribution < -0.4 is 4.74 Å². The van der Waals surface area contributed by atoms with Gasteiger partial charge in [-0.15, -0.1) is 11.8 Å². The Hall–Kier alpha value is -0.630. The molecule has 0 saturated heterocycles. The number of benzene rings is 1. The topological polar surface area (TPSA) is 9.23 Å². The van der Waals surface area contributed by atoms with E-state index in [0.717, 1.165) is 12.4 Å². The zero-order chi connectivity index (χ0) is 14.4. The lowest BCUT2D eigenvalue weighted by Crippen LogP contribution is -2.22. The van der Waals surface area contributed by atoms with E-state index in [1.807, 2.05) is 11.8 Å². The first-order valence-corrected chi connectivity index (χ1v) is 9.02. The predicted octanol–water partition coefficient (Wildman–Crippen LogP) is 5.81. The summed E-state index contributed by atoms with van der Waals surface area (Å²) >= 11 is 1.98. The highest BCUT2D eigenvalue weighted by atomic mass is 32.2. The highest BCUT2D eigenvalue weighted by Crippen LogP contribution is 2.42. The van der Waals surface area contributed by atoms with Crippen LogP contribution in [-0.2, 0) is 5.41 Å². The molecule has 2 heteroatoms. The van der Waals surface area contributed by atoms with Crippen molar-refractivity contribution < 1.29 is 4.74 Å². The molecule has 0 aromatic heterocycles. The van der Waals surface area contributed by atoms with Crippen LogP contribution in [0.5, 0.6) is 5.75 Å². The standard InChI is InChI=1S/C18H28OS/c1-4-5-6-7-8-12-19-15-9-10-16-17(14-15)20-13-11-18(16,2)3/h9-10,14H,4-8,11-13H2,1-3H3.